The fraction of sp³-hybridized carbons (Fsp3) is 0.0196. The number of fused-ring (bicyclic) bond motifs is 9. The van der Waals surface area contributed by atoms with E-state index in [1.165, 1.54) is 37.3 Å². The number of hydrogen-bond donors (Lipinski definition) is 1. The molecule has 5 nitrogen and oxygen atoms in total. The summed E-state index contributed by atoms with van der Waals surface area (Å²) in [5, 5.41) is 6.97. The highest BCUT2D eigenvalue weighted by Crippen LogP contribution is 2.39. The number of nitrogens with two attached hydrogens (primary N) is 1. The lowest BCUT2D eigenvalue weighted by Gasteiger charge is -2.08. The van der Waals surface area contributed by atoms with E-state index in [9.17, 15) is 0 Å². The summed E-state index contributed by atoms with van der Waals surface area (Å²) < 4.78 is 11.1. The molecule has 0 amide bonds. The minimum absolute atomic E-state index is 0.398. The largest absolute Gasteiger partial charge is 0.456 e. The summed E-state index contributed by atoms with van der Waals surface area (Å²) in [6.45, 7) is 0.398. The molecule has 2 N–H and O–H groups in total. The van der Waals surface area contributed by atoms with Crippen LogP contribution in [0.1, 0.15) is 16.7 Å². The summed E-state index contributed by atoms with van der Waals surface area (Å²) in [5.41, 5.74) is 17.2. The number of para-hydroxylation sites is 2. The lowest BCUT2D eigenvalue weighted by Crippen LogP contribution is -2.16. The van der Waals surface area contributed by atoms with Crippen LogP contribution >= 0.6 is 11.3 Å². The summed E-state index contributed by atoms with van der Waals surface area (Å²) in [4.78, 5) is 10.2. The van der Waals surface area contributed by atoms with Crippen LogP contribution in [-0.4, -0.2) is 16.2 Å². The van der Waals surface area contributed by atoms with Gasteiger partial charge in [-0.2, -0.15) is 0 Å². The van der Waals surface area contributed by atoms with Crippen LogP contribution in [0.3, 0.4) is 0 Å². The average molecular weight is 751 g/mol. The minimum atomic E-state index is 0.398. The Morgan fingerprint density at radius 3 is 2.11 bits per heavy atom. The van der Waals surface area contributed by atoms with E-state index in [4.69, 9.17) is 20.1 Å². The third-order valence-electron chi connectivity index (χ3n) is 10.9. The third kappa shape index (κ3) is 5.61. The molecule has 0 bridgehead atoms. The van der Waals surface area contributed by atoms with E-state index in [2.05, 4.69) is 138 Å². The average Bonchev–Trinajstić information content (AvgIpc) is 3.95. The first-order valence-electron chi connectivity index (χ1n) is 19.1. The maximum Gasteiger partial charge on any atom is 0.157 e. The lowest BCUT2D eigenvalue weighted by atomic mass is 9.99. The zero-order chi connectivity index (χ0) is 37.9. The van der Waals surface area contributed by atoms with Crippen molar-refractivity contribution in [3.8, 4) is 16.8 Å². The highest BCUT2D eigenvalue weighted by molar-refractivity contribution is 7.26. The second-order valence-electron chi connectivity index (χ2n) is 14.3. The maximum absolute atomic E-state index is 6.87. The summed E-state index contributed by atoms with van der Waals surface area (Å²) >= 11 is 1.74. The van der Waals surface area contributed by atoms with Gasteiger partial charge in [-0.3, -0.25) is 4.99 Å². The number of thiophene rings is 1. The van der Waals surface area contributed by atoms with Crippen LogP contribution in [0.15, 0.2) is 196 Å². The lowest BCUT2D eigenvalue weighted by molar-refractivity contribution is 0.668. The van der Waals surface area contributed by atoms with Crippen molar-refractivity contribution in [3.05, 3.63) is 199 Å². The molecule has 3 aromatic heterocycles. The second-order valence-corrected chi connectivity index (χ2v) is 15.4. The number of amidine groups is 2. The molecule has 0 aliphatic rings. The van der Waals surface area contributed by atoms with Crippen LogP contribution in [0, 0.1) is 0 Å². The Balaban J connectivity index is 1.01. The molecule has 0 spiro atoms. The Hall–Kier alpha value is -7.28. The molecule has 3 heterocycles. The molecule has 0 fully saturated rings. The molecule has 0 unspecified atom stereocenters. The summed E-state index contributed by atoms with van der Waals surface area (Å²) in [6.07, 6.45) is 0. The molecule has 11 aromatic rings. The van der Waals surface area contributed by atoms with Crippen LogP contribution in [0.25, 0.3) is 80.7 Å². The van der Waals surface area contributed by atoms with Crippen molar-refractivity contribution in [1.82, 2.24) is 4.57 Å². The third-order valence-corrected chi connectivity index (χ3v) is 12.2. The summed E-state index contributed by atoms with van der Waals surface area (Å²) in [7, 11) is 0. The van der Waals surface area contributed by atoms with Crippen molar-refractivity contribution >= 4 is 86.9 Å². The first-order chi connectivity index (χ1) is 28.2. The Kier molecular flexibility index (Phi) is 7.83. The van der Waals surface area contributed by atoms with Gasteiger partial charge in [-0.05, 0) is 77.4 Å². The fourth-order valence-electron chi connectivity index (χ4n) is 8.28. The van der Waals surface area contributed by atoms with Crippen LogP contribution in [0.2, 0.25) is 0 Å². The van der Waals surface area contributed by atoms with E-state index in [1.54, 1.807) is 11.3 Å². The molecule has 0 saturated carbocycles. The highest BCUT2D eigenvalue weighted by atomic mass is 32.1. The molecule has 11 rings (SSSR count). The molecule has 0 aliphatic carbocycles. The van der Waals surface area contributed by atoms with E-state index >= 15 is 0 Å². The number of hydrogen-bond acceptors (Lipinski definition) is 3. The van der Waals surface area contributed by atoms with Crippen LogP contribution < -0.4 is 5.73 Å². The Labute approximate surface area is 332 Å². The second kappa shape index (κ2) is 13.5. The van der Waals surface area contributed by atoms with Gasteiger partial charge in [0.1, 0.15) is 17.0 Å². The topological polar surface area (TPSA) is 68.8 Å². The summed E-state index contributed by atoms with van der Waals surface area (Å²) in [6, 6.07) is 63.5. The van der Waals surface area contributed by atoms with Crippen molar-refractivity contribution < 1.29 is 4.42 Å². The quantitative estimate of drug-likeness (QED) is 0.136. The van der Waals surface area contributed by atoms with Gasteiger partial charge >= 0.3 is 0 Å². The van der Waals surface area contributed by atoms with Gasteiger partial charge in [0.05, 0.1) is 17.6 Å². The maximum atomic E-state index is 6.87. The number of rotatable bonds is 6. The zero-order valence-corrected chi connectivity index (χ0v) is 31.6. The van der Waals surface area contributed by atoms with E-state index in [0.29, 0.717) is 18.2 Å². The molecular formula is C51H34N4OS. The van der Waals surface area contributed by atoms with Crippen LogP contribution in [0.5, 0.6) is 0 Å². The van der Waals surface area contributed by atoms with Crippen LogP contribution in [-0.2, 0) is 6.54 Å². The van der Waals surface area contributed by atoms with Gasteiger partial charge in [-0.15, -0.1) is 11.3 Å². The van der Waals surface area contributed by atoms with Gasteiger partial charge in [-0.1, -0.05) is 121 Å². The molecule has 270 valence electrons. The fourth-order valence-corrected chi connectivity index (χ4v) is 9.51. The van der Waals surface area contributed by atoms with Crippen molar-refractivity contribution in [3.63, 3.8) is 0 Å². The van der Waals surface area contributed by atoms with Crippen molar-refractivity contribution in [1.29, 1.82) is 0 Å². The SMILES string of the molecule is NC(=NC(=NCc1cccc2oc3ccc(-c4ccc5c(c4)c4ccccc4n5-c4ccccc4)cc3c12)c1ccccc1)c1cccc2c1sc1ccccc12. The Bertz CT molecular complexity index is 3390. The molecule has 6 heteroatoms. The van der Waals surface area contributed by atoms with Gasteiger partial charge in [0.25, 0.3) is 0 Å². The van der Waals surface area contributed by atoms with Crippen molar-refractivity contribution in [2.24, 2.45) is 15.7 Å². The minimum Gasteiger partial charge on any atom is -0.456 e. The number of aliphatic imine (C=N–C) groups is 2. The number of nitrogens with zero attached hydrogens (tertiary/aromatic N) is 3. The smallest absolute Gasteiger partial charge is 0.157 e. The molecule has 8 aromatic carbocycles. The van der Waals surface area contributed by atoms with E-state index < -0.39 is 0 Å². The number of aromatic nitrogens is 1. The van der Waals surface area contributed by atoms with E-state index in [-0.39, 0.29) is 0 Å². The standard InChI is InChI=1S/C51H34N4OS/c52-50(40-21-12-20-39-38-19-8-10-24-47(38)57-49(39)40)54-51(32-13-3-1-4-14-32)53-31-35-15-11-23-46-48(35)42-30-34(26-28-45(42)56-46)33-25-27-44-41(29-33)37-18-7-9-22-43(37)55(44)36-16-5-2-6-17-36/h1-30H,31H2,(H2,52,53,54). The zero-order valence-electron chi connectivity index (χ0n) is 30.8. The first-order valence-corrected chi connectivity index (χ1v) is 19.9. The van der Waals surface area contributed by atoms with Crippen molar-refractivity contribution in [2.45, 2.75) is 6.54 Å². The highest BCUT2D eigenvalue weighted by Gasteiger charge is 2.17. The predicted octanol–water partition coefficient (Wildman–Crippen LogP) is 13.1. The van der Waals surface area contributed by atoms with Gasteiger partial charge in [0.2, 0.25) is 0 Å². The predicted molar refractivity (Wildman–Crippen MR) is 240 cm³/mol. The Morgan fingerprint density at radius 2 is 1.25 bits per heavy atom. The molecule has 0 radical (unpaired) electrons. The van der Waals surface area contributed by atoms with Gasteiger partial charge in [-0.25, -0.2) is 4.99 Å². The van der Waals surface area contributed by atoms with E-state index in [1.807, 2.05) is 48.5 Å². The normalized spacial score (nSPS) is 12.6. The molecule has 0 saturated heterocycles. The van der Waals surface area contributed by atoms with Crippen molar-refractivity contribution in [2.75, 3.05) is 0 Å². The van der Waals surface area contributed by atoms with Crippen LogP contribution in [0.4, 0.5) is 0 Å². The molecular weight excluding hydrogens is 717 g/mol. The molecule has 0 atom stereocenters. The van der Waals surface area contributed by atoms with Gasteiger partial charge < -0.3 is 14.7 Å². The summed E-state index contributed by atoms with van der Waals surface area (Å²) in [5.74, 6) is 1.02. The van der Waals surface area contributed by atoms with Gasteiger partial charge in [0, 0.05) is 58.5 Å². The monoisotopic (exact) mass is 750 g/mol. The number of benzene rings is 8. The number of furan rings is 1. The van der Waals surface area contributed by atoms with E-state index in [0.717, 1.165) is 60.1 Å². The molecule has 0 aliphatic heterocycles. The Morgan fingerprint density at radius 1 is 0.561 bits per heavy atom. The molecule has 57 heavy (non-hydrogen) atoms. The first kappa shape index (κ1) is 33.1. The van der Waals surface area contributed by atoms with Gasteiger partial charge in [0.15, 0.2) is 5.84 Å².